The summed E-state index contributed by atoms with van der Waals surface area (Å²) in [4.78, 5) is 16.4. The number of hydrogen-bond acceptors (Lipinski definition) is 4. The van der Waals surface area contributed by atoms with Crippen molar-refractivity contribution in [2.24, 2.45) is 5.92 Å². The number of aromatic nitrogens is 3. The Morgan fingerprint density at radius 1 is 1.48 bits per heavy atom. The number of nitrogens with one attached hydrogen (secondary N) is 3. The summed E-state index contributed by atoms with van der Waals surface area (Å²) in [5.41, 5.74) is 1.58. The maximum atomic E-state index is 12.0. The van der Waals surface area contributed by atoms with Crippen molar-refractivity contribution in [1.82, 2.24) is 20.5 Å². The molecule has 1 aliphatic rings. The predicted octanol–water partition coefficient (Wildman–Crippen LogP) is 2.19. The van der Waals surface area contributed by atoms with E-state index in [1.165, 1.54) is 0 Å². The Balaban J connectivity index is 1.59. The number of amides is 2. The molecule has 0 radical (unpaired) electrons. The molecule has 23 heavy (non-hydrogen) atoms. The third kappa shape index (κ3) is 4.07. The number of aromatic amines is 1. The molecule has 0 unspecified atom stereocenters. The first-order valence-electron chi connectivity index (χ1n) is 7.89. The second kappa shape index (κ2) is 7.23. The molecule has 1 saturated heterocycles. The van der Waals surface area contributed by atoms with Crippen LogP contribution in [0.15, 0.2) is 24.3 Å². The highest BCUT2D eigenvalue weighted by atomic mass is 16.5. The maximum absolute atomic E-state index is 12.0. The van der Waals surface area contributed by atoms with E-state index >= 15 is 0 Å². The molecule has 0 saturated carbocycles. The first kappa shape index (κ1) is 15.5. The molecule has 1 aromatic carbocycles. The van der Waals surface area contributed by atoms with E-state index in [-0.39, 0.29) is 6.03 Å². The fourth-order valence-electron chi connectivity index (χ4n) is 2.48. The standard InChI is InChI=1S/C16H21N5O2/c1-2-14-19-15(21-20-14)12-4-3-5-13(8-12)18-16(22)17-9-11-6-7-23-10-11/h3-5,8,11H,2,6-7,9-10H2,1H3,(H2,17,18,22)(H,19,20,21)/t11-/m0/s1. The maximum Gasteiger partial charge on any atom is 0.319 e. The Bertz CT molecular complexity index is 664. The Morgan fingerprint density at radius 3 is 3.13 bits per heavy atom. The highest BCUT2D eigenvalue weighted by molar-refractivity contribution is 5.89. The largest absolute Gasteiger partial charge is 0.381 e. The molecule has 1 aliphatic heterocycles. The molecule has 1 aromatic heterocycles. The second-order valence-electron chi connectivity index (χ2n) is 5.60. The van der Waals surface area contributed by atoms with Crippen molar-refractivity contribution in [1.29, 1.82) is 0 Å². The minimum Gasteiger partial charge on any atom is -0.381 e. The van der Waals surface area contributed by atoms with Crippen LogP contribution in [-0.4, -0.2) is 41.0 Å². The zero-order valence-electron chi connectivity index (χ0n) is 13.1. The van der Waals surface area contributed by atoms with Crippen LogP contribution in [0.5, 0.6) is 0 Å². The van der Waals surface area contributed by atoms with Gasteiger partial charge in [-0.1, -0.05) is 19.1 Å². The Kier molecular flexibility index (Phi) is 4.87. The zero-order valence-corrected chi connectivity index (χ0v) is 13.1. The Labute approximate surface area is 134 Å². The van der Waals surface area contributed by atoms with E-state index < -0.39 is 0 Å². The van der Waals surface area contributed by atoms with Gasteiger partial charge in [-0.25, -0.2) is 9.78 Å². The SMILES string of the molecule is CCc1nc(-c2cccc(NC(=O)NC[C@@H]3CCOC3)c2)n[nH]1. The van der Waals surface area contributed by atoms with E-state index in [4.69, 9.17) is 4.74 Å². The monoisotopic (exact) mass is 315 g/mol. The minimum atomic E-state index is -0.210. The third-order valence-corrected chi connectivity index (χ3v) is 3.82. The van der Waals surface area contributed by atoms with Gasteiger partial charge < -0.3 is 15.4 Å². The number of ether oxygens (including phenoxy) is 1. The van der Waals surface area contributed by atoms with Crippen molar-refractivity contribution in [3.8, 4) is 11.4 Å². The summed E-state index contributed by atoms with van der Waals surface area (Å²) in [6.07, 6.45) is 1.80. The van der Waals surface area contributed by atoms with E-state index in [0.717, 1.165) is 37.4 Å². The first-order chi connectivity index (χ1) is 11.2. The van der Waals surface area contributed by atoms with Gasteiger partial charge in [-0.2, -0.15) is 5.10 Å². The highest BCUT2D eigenvalue weighted by Crippen LogP contribution is 2.19. The summed E-state index contributed by atoms with van der Waals surface area (Å²) in [6, 6.07) is 7.29. The topological polar surface area (TPSA) is 91.9 Å². The highest BCUT2D eigenvalue weighted by Gasteiger charge is 2.16. The molecule has 0 spiro atoms. The van der Waals surface area contributed by atoms with Crippen LogP contribution >= 0.6 is 0 Å². The van der Waals surface area contributed by atoms with Gasteiger partial charge in [0.1, 0.15) is 5.82 Å². The fraction of sp³-hybridized carbons (Fsp3) is 0.438. The molecular formula is C16H21N5O2. The number of benzene rings is 1. The van der Waals surface area contributed by atoms with Gasteiger partial charge in [0.15, 0.2) is 5.82 Å². The summed E-state index contributed by atoms with van der Waals surface area (Å²) < 4.78 is 5.30. The van der Waals surface area contributed by atoms with Crippen molar-refractivity contribution in [3.63, 3.8) is 0 Å². The van der Waals surface area contributed by atoms with E-state index in [1.807, 2.05) is 31.2 Å². The van der Waals surface area contributed by atoms with Crippen LogP contribution in [0.2, 0.25) is 0 Å². The van der Waals surface area contributed by atoms with Crippen molar-refractivity contribution in [2.75, 3.05) is 25.1 Å². The molecule has 2 aromatic rings. The Morgan fingerprint density at radius 2 is 2.39 bits per heavy atom. The molecular weight excluding hydrogens is 294 g/mol. The molecule has 2 heterocycles. The summed E-state index contributed by atoms with van der Waals surface area (Å²) in [5.74, 6) is 1.89. The van der Waals surface area contributed by atoms with Crippen LogP contribution in [0.1, 0.15) is 19.2 Å². The molecule has 3 rings (SSSR count). The summed E-state index contributed by atoms with van der Waals surface area (Å²) in [6.45, 7) is 4.15. The number of H-pyrrole nitrogens is 1. The number of carbonyl (C=O) groups excluding carboxylic acids is 1. The van der Waals surface area contributed by atoms with E-state index in [2.05, 4.69) is 25.8 Å². The number of anilines is 1. The average Bonchev–Trinajstić information content (AvgIpc) is 3.24. The van der Waals surface area contributed by atoms with Crippen molar-refractivity contribution < 1.29 is 9.53 Å². The van der Waals surface area contributed by atoms with Gasteiger partial charge in [-0.05, 0) is 18.6 Å². The average molecular weight is 315 g/mol. The van der Waals surface area contributed by atoms with E-state index in [9.17, 15) is 4.79 Å². The summed E-state index contributed by atoms with van der Waals surface area (Å²) >= 11 is 0. The summed E-state index contributed by atoms with van der Waals surface area (Å²) in [7, 11) is 0. The van der Waals surface area contributed by atoms with Gasteiger partial charge in [0.05, 0.1) is 6.61 Å². The van der Waals surface area contributed by atoms with Gasteiger partial charge in [-0.15, -0.1) is 0 Å². The lowest BCUT2D eigenvalue weighted by atomic mass is 10.1. The normalized spacial score (nSPS) is 17.2. The lowest BCUT2D eigenvalue weighted by molar-refractivity contribution is 0.185. The lowest BCUT2D eigenvalue weighted by Gasteiger charge is -2.11. The van der Waals surface area contributed by atoms with Gasteiger partial charge in [0.25, 0.3) is 0 Å². The van der Waals surface area contributed by atoms with Gasteiger partial charge in [0, 0.05) is 36.7 Å². The number of carbonyl (C=O) groups is 1. The lowest BCUT2D eigenvalue weighted by Crippen LogP contribution is -2.33. The molecule has 1 atom stereocenters. The molecule has 122 valence electrons. The van der Waals surface area contributed by atoms with Gasteiger partial charge >= 0.3 is 6.03 Å². The van der Waals surface area contributed by atoms with Crippen LogP contribution in [0.4, 0.5) is 10.5 Å². The molecule has 2 amide bonds. The number of aryl methyl sites for hydroxylation is 1. The number of nitrogens with zero attached hydrogens (tertiary/aromatic N) is 2. The Hall–Kier alpha value is -2.41. The molecule has 0 aliphatic carbocycles. The predicted molar refractivity (Wildman–Crippen MR) is 87.1 cm³/mol. The van der Waals surface area contributed by atoms with E-state index in [1.54, 1.807) is 0 Å². The smallest absolute Gasteiger partial charge is 0.319 e. The quantitative estimate of drug-likeness (QED) is 0.788. The van der Waals surface area contributed by atoms with Crippen LogP contribution < -0.4 is 10.6 Å². The minimum absolute atomic E-state index is 0.210. The van der Waals surface area contributed by atoms with Gasteiger partial charge in [0.2, 0.25) is 0 Å². The number of rotatable bonds is 5. The van der Waals surface area contributed by atoms with Crippen molar-refractivity contribution >= 4 is 11.7 Å². The molecule has 1 fully saturated rings. The first-order valence-corrected chi connectivity index (χ1v) is 7.89. The molecule has 7 nitrogen and oxygen atoms in total. The van der Waals surface area contributed by atoms with Crippen LogP contribution in [0.25, 0.3) is 11.4 Å². The van der Waals surface area contributed by atoms with Crippen molar-refractivity contribution in [3.05, 3.63) is 30.1 Å². The molecule has 3 N–H and O–H groups in total. The van der Waals surface area contributed by atoms with Crippen LogP contribution in [0, 0.1) is 5.92 Å². The van der Waals surface area contributed by atoms with Gasteiger partial charge in [-0.3, -0.25) is 5.10 Å². The van der Waals surface area contributed by atoms with Crippen molar-refractivity contribution in [2.45, 2.75) is 19.8 Å². The fourth-order valence-corrected chi connectivity index (χ4v) is 2.48. The van der Waals surface area contributed by atoms with E-state index in [0.29, 0.717) is 24.0 Å². The zero-order chi connectivity index (χ0) is 16.1. The van der Waals surface area contributed by atoms with Crippen LogP contribution in [-0.2, 0) is 11.2 Å². The third-order valence-electron chi connectivity index (χ3n) is 3.82. The number of urea groups is 1. The molecule has 7 heteroatoms. The van der Waals surface area contributed by atoms with Crippen LogP contribution in [0.3, 0.4) is 0 Å². The molecule has 0 bridgehead atoms. The summed E-state index contributed by atoms with van der Waals surface area (Å²) in [5, 5.41) is 12.8. The second-order valence-corrected chi connectivity index (χ2v) is 5.60. The number of hydrogen-bond donors (Lipinski definition) is 3.